The van der Waals surface area contributed by atoms with Crippen LogP contribution >= 0.6 is 0 Å². The number of amides is 1. The van der Waals surface area contributed by atoms with Crippen LogP contribution in [0.15, 0.2) is 42.7 Å². The second-order valence-electron chi connectivity index (χ2n) is 7.94. The number of nitrogens with one attached hydrogen (secondary N) is 1. The lowest BCUT2D eigenvalue weighted by molar-refractivity contribution is -0.137. The van der Waals surface area contributed by atoms with Crippen molar-refractivity contribution in [1.82, 2.24) is 14.9 Å². The summed E-state index contributed by atoms with van der Waals surface area (Å²) >= 11 is 0. The molecule has 1 atom stereocenters. The summed E-state index contributed by atoms with van der Waals surface area (Å²) in [6.07, 6.45) is 11.7. The van der Waals surface area contributed by atoms with E-state index in [-0.39, 0.29) is 12.0 Å². The molecule has 4 rings (SSSR count). The van der Waals surface area contributed by atoms with Crippen molar-refractivity contribution >= 4 is 18.0 Å². The van der Waals surface area contributed by atoms with Crippen molar-refractivity contribution in [2.24, 2.45) is 5.92 Å². The van der Waals surface area contributed by atoms with Crippen LogP contribution in [-0.4, -0.2) is 53.3 Å². The lowest BCUT2D eigenvalue weighted by Crippen LogP contribution is -2.42. The third-order valence-electron chi connectivity index (χ3n) is 5.88. The zero-order valence-electron chi connectivity index (χ0n) is 18.2. The first kappa shape index (κ1) is 22.7. The van der Waals surface area contributed by atoms with Crippen LogP contribution in [0.4, 0.5) is 5.82 Å². The van der Waals surface area contributed by atoms with E-state index < -0.39 is 0 Å². The topological polar surface area (TPSA) is 84.4 Å². The van der Waals surface area contributed by atoms with Gasteiger partial charge in [-0.05, 0) is 49.9 Å². The van der Waals surface area contributed by atoms with Crippen LogP contribution in [0.5, 0.6) is 5.75 Å². The molecule has 2 aromatic rings. The molecule has 2 fully saturated rings. The van der Waals surface area contributed by atoms with Crippen molar-refractivity contribution in [2.45, 2.75) is 51.0 Å². The first-order valence-corrected chi connectivity index (χ1v) is 11.1. The van der Waals surface area contributed by atoms with Gasteiger partial charge in [-0.15, -0.1) is 0 Å². The van der Waals surface area contributed by atoms with E-state index in [9.17, 15) is 9.59 Å². The van der Waals surface area contributed by atoms with Crippen LogP contribution in [0.1, 0.15) is 55.4 Å². The summed E-state index contributed by atoms with van der Waals surface area (Å²) in [7, 11) is 1.85. The largest absolute Gasteiger partial charge is 0.489 e. The fourth-order valence-corrected chi connectivity index (χ4v) is 4.19. The van der Waals surface area contributed by atoms with Gasteiger partial charge in [-0.3, -0.25) is 9.59 Å². The molecule has 0 radical (unpaired) electrons. The molecule has 1 saturated heterocycles. The Morgan fingerprint density at radius 3 is 2.58 bits per heavy atom. The highest BCUT2D eigenvalue weighted by Crippen LogP contribution is 2.29. The fourth-order valence-electron chi connectivity index (χ4n) is 4.19. The van der Waals surface area contributed by atoms with E-state index in [4.69, 9.17) is 4.74 Å². The molecule has 1 N–H and O–H groups in total. The number of hydrogen-bond donors (Lipinski definition) is 1. The first-order valence-electron chi connectivity index (χ1n) is 11.1. The minimum Gasteiger partial charge on any atom is -0.489 e. The minimum absolute atomic E-state index is 0.115. The van der Waals surface area contributed by atoms with Crippen LogP contribution in [0, 0.1) is 5.92 Å². The van der Waals surface area contributed by atoms with Crippen molar-refractivity contribution in [1.29, 1.82) is 0 Å². The lowest BCUT2D eigenvalue weighted by atomic mass is 9.88. The minimum atomic E-state index is 0.115. The van der Waals surface area contributed by atoms with Crippen LogP contribution in [0.3, 0.4) is 0 Å². The maximum atomic E-state index is 12.7. The molecule has 0 aromatic carbocycles. The molecular weight excluding hydrogens is 392 g/mol. The Labute approximate surface area is 184 Å². The highest BCUT2D eigenvalue weighted by molar-refractivity contribution is 5.79. The molecule has 2 aromatic heterocycles. The monoisotopic (exact) mass is 424 g/mol. The lowest BCUT2D eigenvalue weighted by Gasteiger charge is -2.30. The summed E-state index contributed by atoms with van der Waals surface area (Å²) in [6.45, 7) is 1.27. The fraction of sp³-hybridized carbons (Fsp3) is 0.500. The molecule has 31 heavy (non-hydrogen) atoms. The van der Waals surface area contributed by atoms with Crippen molar-refractivity contribution in [3.05, 3.63) is 48.4 Å². The van der Waals surface area contributed by atoms with Gasteiger partial charge in [0.05, 0.1) is 6.04 Å². The van der Waals surface area contributed by atoms with Gasteiger partial charge in [0.2, 0.25) is 5.91 Å². The van der Waals surface area contributed by atoms with Crippen LogP contribution < -0.4 is 10.1 Å². The van der Waals surface area contributed by atoms with Gasteiger partial charge in [0, 0.05) is 31.9 Å². The summed E-state index contributed by atoms with van der Waals surface area (Å²) in [4.78, 5) is 33.7. The Balaban J connectivity index is 0.000000287. The number of aromatic nitrogens is 2. The van der Waals surface area contributed by atoms with E-state index in [2.05, 4.69) is 15.3 Å². The summed E-state index contributed by atoms with van der Waals surface area (Å²) < 4.78 is 5.79. The van der Waals surface area contributed by atoms with E-state index >= 15 is 0 Å². The molecule has 1 saturated carbocycles. The quantitative estimate of drug-likeness (QED) is 0.707. The van der Waals surface area contributed by atoms with Gasteiger partial charge in [-0.1, -0.05) is 25.3 Å². The summed E-state index contributed by atoms with van der Waals surface area (Å²) in [5.41, 5.74) is 0.315. The molecule has 1 aliphatic heterocycles. The Morgan fingerprint density at radius 2 is 1.90 bits per heavy atom. The van der Waals surface area contributed by atoms with Gasteiger partial charge in [0.25, 0.3) is 0 Å². The Hall–Kier alpha value is -2.96. The molecule has 2 aliphatic rings. The van der Waals surface area contributed by atoms with Crippen molar-refractivity contribution in [2.75, 3.05) is 25.5 Å². The highest BCUT2D eigenvalue weighted by Gasteiger charge is 2.34. The molecule has 3 heterocycles. The number of anilines is 1. The van der Waals surface area contributed by atoms with Gasteiger partial charge in [-0.2, -0.15) is 0 Å². The molecule has 0 unspecified atom stereocenters. The number of ether oxygens (including phenoxy) is 1. The van der Waals surface area contributed by atoms with E-state index in [1.807, 2.05) is 30.1 Å². The highest BCUT2D eigenvalue weighted by atomic mass is 16.5. The molecule has 7 nitrogen and oxygen atoms in total. The average molecular weight is 425 g/mol. The molecule has 0 bridgehead atoms. The number of carbonyl (C=O) groups is 2. The maximum Gasteiger partial charge on any atom is 0.226 e. The van der Waals surface area contributed by atoms with E-state index in [0.717, 1.165) is 38.0 Å². The van der Waals surface area contributed by atoms with Gasteiger partial charge in [0.15, 0.2) is 6.29 Å². The van der Waals surface area contributed by atoms with Crippen LogP contribution in [0.25, 0.3) is 0 Å². The molecule has 0 spiro atoms. The predicted molar refractivity (Wildman–Crippen MR) is 120 cm³/mol. The second kappa shape index (κ2) is 12.0. The molecular formula is C24H32N4O3. The van der Waals surface area contributed by atoms with Crippen molar-refractivity contribution < 1.29 is 14.3 Å². The van der Waals surface area contributed by atoms with Crippen molar-refractivity contribution in [3.63, 3.8) is 0 Å². The van der Waals surface area contributed by atoms with Gasteiger partial charge < -0.3 is 15.0 Å². The SMILES string of the molecule is CNc1ccccn1.O=Cc1ncccc1OC[C@H]1CCCN1C(=O)C1CCCCC1. The summed E-state index contributed by atoms with van der Waals surface area (Å²) in [5, 5.41) is 2.92. The number of aldehydes is 1. The molecule has 1 aliphatic carbocycles. The number of hydrogen-bond acceptors (Lipinski definition) is 6. The Bertz CT molecular complexity index is 825. The first-order chi connectivity index (χ1) is 15.2. The van der Waals surface area contributed by atoms with E-state index in [1.165, 1.54) is 19.3 Å². The number of carbonyl (C=O) groups excluding carboxylic acids is 2. The van der Waals surface area contributed by atoms with Crippen LogP contribution in [-0.2, 0) is 4.79 Å². The Kier molecular flexibility index (Phi) is 8.82. The maximum absolute atomic E-state index is 12.7. The standard InChI is InChI=1S/C18H24N2O3.C6H8N2/c21-12-16-17(9-4-10-19-16)23-13-15-8-5-11-20(15)18(22)14-6-2-1-3-7-14;1-7-6-4-2-3-5-8-6/h4,9-10,12,14-15H,1-3,5-8,11,13H2;2-5H,1H3,(H,7,8)/t15-;/m1./s1. The number of rotatable bonds is 6. The van der Waals surface area contributed by atoms with E-state index in [1.54, 1.807) is 24.5 Å². The summed E-state index contributed by atoms with van der Waals surface area (Å²) in [5.74, 6) is 1.91. The molecule has 7 heteroatoms. The van der Waals surface area contributed by atoms with E-state index in [0.29, 0.717) is 30.2 Å². The third-order valence-corrected chi connectivity index (χ3v) is 5.88. The average Bonchev–Trinajstić information content (AvgIpc) is 3.32. The van der Waals surface area contributed by atoms with Gasteiger partial charge in [-0.25, -0.2) is 9.97 Å². The number of pyridine rings is 2. The smallest absolute Gasteiger partial charge is 0.226 e. The normalized spacial score (nSPS) is 18.6. The van der Waals surface area contributed by atoms with Gasteiger partial charge in [0.1, 0.15) is 23.9 Å². The Morgan fingerprint density at radius 1 is 1.10 bits per heavy atom. The third kappa shape index (κ3) is 6.51. The van der Waals surface area contributed by atoms with Crippen molar-refractivity contribution in [3.8, 4) is 5.75 Å². The van der Waals surface area contributed by atoms with Gasteiger partial charge >= 0.3 is 0 Å². The second-order valence-corrected chi connectivity index (χ2v) is 7.94. The molecule has 166 valence electrons. The number of likely N-dealkylation sites (tertiary alicyclic amines) is 1. The number of nitrogens with zero attached hydrogens (tertiary/aromatic N) is 3. The predicted octanol–water partition coefficient (Wildman–Crippen LogP) is 3.97. The molecule has 1 amide bonds. The summed E-state index contributed by atoms with van der Waals surface area (Å²) in [6, 6.07) is 9.37. The van der Waals surface area contributed by atoms with Crippen LogP contribution in [0.2, 0.25) is 0 Å². The zero-order valence-corrected chi connectivity index (χ0v) is 18.2. The zero-order chi connectivity index (χ0) is 21.9.